The topological polar surface area (TPSA) is 53.7 Å². The van der Waals surface area contributed by atoms with Gasteiger partial charge in [-0.2, -0.15) is 0 Å². The van der Waals surface area contributed by atoms with E-state index in [1.165, 1.54) is 0 Å². The molecule has 1 aromatic rings. The van der Waals surface area contributed by atoms with Crippen LogP contribution in [-0.2, 0) is 0 Å². The Labute approximate surface area is 141 Å². The number of rotatable bonds is 5. The first-order chi connectivity index (χ1) is 11.5. The molecule has 0 saturated heterocycles. The zero-order valence-electron chi connectivity index (χ0n) is 14.0. The second kappa shape index (κ2) is 7.13. The highest BCUT2D eigenvalue weighted by atomic mass is 19.3. The lowest BCUT2D eigenvalue weighted by Crippen LogP contribution is -2.27. The van der Waals surface area contributed by atoms with Crippen molar-refractivity contribution in [3.05, 3.63) is 17.7 Å². The first kappa shape index (κ1) is 17.3. The van der Waals surface area contributed by atoms with Crippen molar-refractivity contribution in [1.82, 2.24) is 0 Å². The molecule has 24 heavy (non-hydrogen) atoms. The molecule has 1 heterocycles. The lowest BCUT2D eigenvalue weighted by Gasteiger charge is -2.29. The van der Waals surface area contributed by atoms with Crippen LogP contribution in [0.5, 0.6) is 17.2 Å². The van der Waals surface area contributed by atoms with Gasteiger partial charge in [-0.1, -0.05) is 0 Å². The molecule has 0 radical (unpaired) electrons. The summed E-state index contributed by atoms with van der Waals surface area (Å²) in [6.45, 7) is 3.35. The molecule has 1 fully saturated rings. The fourth-order valence-corrected chi connectivity index (χ4v) is 3.31. The summed E-state index contributed by atoms with van der Waals surface area (Å²) in [5, 5.41) is 0. The SMILES string of the molecule is CCOc1c(OCC2CCC(F)(F)CC2)ccc2c1OCCC2N. The van der Waals surface area contributed by atoms with Crippen molar-refractivity contribution >= 4 is 0 Å². The van der Waals surface area contributed by atoms with Crippen LogP contribution in [0.4, 0.5) is 8.78 Å². The molecule has 1 aliphatic carbocycles. The fourth-order valence-electron chi connectivity index (χ4n) is 3.31. The van der Waals surface area contributed by atoms with Crippen molar-refractivity contribution < 1.29 is 23.0 Å². The number of ether oxygens (including phenoxy) is 3. The summed E-state index contributed by atoms with van der Waals surface area (Å²) in [7, 11) is 0. The van der Waals surface area contributed by atoms with Crippen LogP contribution in [0.1, 0.15) is 50.6 Å². The zero-order valence-corrected chi connectivity index (χ0v) is 14.0. The van der Waals surface area contributed by atoms with Gasteiger partial charge in [-0.25, -0.2) is 8.78 Å². The van der Waals surface area contributed by atoms with Crippen molar-refractivity contribution in [1.29, 1.82) is 0 Å². The molecule has 1 saturated carbocycles. The summed E-state index contributed by atoms with van der Waals surface area (Å²) in [6.07, 6.45) is 1.64. The highest BCUT2D eigenvalue weighted by Gasteiger charge is 2.35. The first-order valence-corrected chi connectivity index (χ1v) is 8.69. The van der Waals surface area contributed by atoms with Gasteiger partial charge in [0.1, 0.15) is 0 Å². The maximum absolute atomic E-state index is 13.2. The molecule has 6 heteroatoms. The number of fused-ring (bicyclic) bond motifs is 1. The van der Waals surface area contributed by atoms with E-state index < -0.39 is 5.92 Å². The monoisotopic (exact) mass is 341 g/mol. The predicted octanol–water partition coefficient (Wildman–Crippen LogP) is 4.07. The molecule has 0 amide bonds. The van der Waals surface area contributed by atoms with Crippen LogP contribution in [0.3, 0.4) is 0 Å². The third-order valence-electron chi connectivity index (χ3n) is 4.78. The summed E-state index contributed by atoms with van der Waals surface area (Å²) in [6, 6.07) is 3.68. The molecular weight excluding hydrogens is 316 g/mol. The Morgan fingerprint density at radius 1 is 1.21 bits per heavy atom. The maximum Gasteiger partial charge on any atom is 0.248 e. The van der Waals surface area contributed by atoms with Gasteiger partial charge in [0.25, 0.3) is 0 Å². The Morgan fingerprint density at radius 2 is 1.96 bits per heavy atom. The third kappa shape index (κ3) is 3.74. The highest BCUT2D eigenvalue weighted by Crippen LogP contribution is 2.45. The van der Waals surface area contributed by atoms with Crippen molar-refractivity contribution in [2.24, 2.45) is 11.7 Å². The van der Waals surface area contributed by atoms with Crippen LogP contribution in [0.25, 0.3) is 0 Å². The second-order valence-corrected chi connectivity index (χ2v) is 6.60. The van der Waals surface area contributed by atoms with Crippen LogP contribution in [-0.4, -0.2) is 25.7 Å². The van der Waals surface area contributed by atoms with Crippen molar-refractivity contribution in [2.45, 2.75) is 51.0 Å². The number of hydrogen-bond acceptors (Lipinski definition) is 4. The molecule has 134 valence electrons. The van der Waals surface area contributed by atoms with Crippen LogP contribution in [0, 0.1) is 5.92 Å². The van der Waals surface area contributed by atoms with Crippen LogP contribution in [0.15, 0.2) is 12.1 Å². The van der Waals surface area contributed by atoms with E-state index in [0.717, 1.165) is 12.0 Å². The molecule has 1 aliphatic heterocycles. The molecule has 1 aromatic carbocycles. The van der Waals surface area contributed by atoms with Gasteiger partial charge in [-0.15, -0.1) is 0 Å². The fraction of sp³-hybridized carbons (Fsp3) is 0.667. The first-order valence-electron chi connectivity index (χ1n) is 8.69. The summed E-state index contributed by atoms with van der Waals surface area (Å²) in [4.78, 5) is 0. The van der Waals surface area contributed by atoms with E-state index in [1.807, 2.05) is 19.1 Å². The molecule has 3 rings (SSSR count). The van der Waals surface area contributed by atoms with Gasteiger partial charge in [-0.05, 0) is 37.8 Å². The second-order valence-electron chi connectivity index (χ2n) is 6.60. The van der Waals surface area contributed by atoms with Gasteiger partial charge in [0, 0.05) is 30.9 Å². The Morgan fingerprint density at radius 3 is 2.67 bits per heavy atom. The zero-order chi connectivity index (χ0) is 17.2. The molecule has 2 aliphatic rings. The van der Waals surface area contributed by atoms with E-state index in [4.69, 9.17) is 19.9 Å². The summed E-state index contributed by atoms with van der Waals surface area (Å²) in [5.74, 6) is -0.530. The number of nitrogens with two attached hydrogens (primary N) is 1. The lowest BCUT2D eigenvalue weighted by atomic mass is 9.87. The van der Waals surface area contributed by atoms with E-state index in [0.29, 0.717) is 49.9 Å². The van der Waals surface area contributed by atoms with Gasteiger partial charge < -0.3 is 19.9 Å². The minimum atomic E-state index is -2.51. The molecule has 0 spiro atoms. The summed E-state index contributed by atoms with van der Waals surface area (Å²) >= 11 is 0. The number of hydrogen-bond donors (Lipinski definition) is 1. The van der Waals surface area contributed by atoms with E-state index in [1.54, 1.807) is 0 Å². The van der Waals surface area contributed by atoms with E-state index in [2.05, 4.69) is 0 Å². The summed E-state index contributed by atoms with van der Waals surface area (Å²) < 4.78 is 43.9. The largest absolute Gasteiger partial charge is 0.489 e. The molecule has 2 N–H and O–H groups in total. The standard InChI is InChI=1S/C18H25F2NO3/c1-2-22-17-15(4-3-13-14(21)7-10-23-16(13)17)24-11-12-5-8-18(19,20)9-6-12/h3-4,12,14H,2,5-11,21H2,1H3. The average Bonchev–Trinajstić information content (AvgIpc) is 2.56. The van der Waals surface area contributed by atoms with Crippen LogP contribution >= 0.6 is 0 Å². The Kier molecular flexibility index (Phi) is 5.13. The summed E-state index contributed by atoms with van der Waals surface area (Å²) in [5.41, 5.74) is 7.06. The van der Waals surface area contributed by atoms with E-state index >= 15 is 0 Å². The van der Waals surface area contributed by atoms with Crippen LogP contribution < -0.4 is 19.9 Å². The molecule has 1 unspecified atom stereocenters. The lowest BCUT2D eigenvalue weighted by molar-refractivity contribution is -0.0499. The number of alkyl halides is 2. The molecule has 4 nitrogen and oxygen atoms in total. The quantitative estimate of drug-likeness (QED) is 0.877. The predicted molar refractivity (Wildman–Crippen MR) is 87.1 cm³/mol. The molecule has 1 atom stereocenters. The Hall–Kier alpha value is -1.56. The molecular formula is C18H25F2NO3. The molecule has 0 aromatic heterocycles. The number of benzene rings is 1. The Balaban J connectivity index is 1.71. The van der Waals surface area contributed by atoms with Crippen molar-refractivity contribution in [3.8, 4) is 17.2 Å². The Bertz CT molecular complexity index is 570. The van der Waals surface area contributed by atoms with Gasteiger partial charge in [-0.3, -0.25) is 0 Å². The van der Waals surface area contributed by atoms with Crippen molar-refractivity contribution in [2.75, 3.05) is 19.8 Å². The van der Waals surface area contributed by atoms with Gasteiger partial charge in [0.15, 0.2) is 11.5 Å². The van der Waals surface area contributed by atoms with Gasteiger partial charge in [0.05, 0.1) is 19.8 Å². The van der Waals surface area contributed by atoms with E-state index in [-0.39, 0.29) is 24.8 Å². The highest BCUT2D eigenvalue weighted by molar-refractivity contribution is 5.57. The normalized spacial score (nSPS) is 23.2. The van der Waals surface area contributed by atoms with Gasteiger partial charge >= 0.3 is 0 Å². The maximum atomic E-state index is 13.2. The van der Waals surface area contributed by atoms with E-state index in [9.17, 15) is 8.78 Å². The van der Waals surface area contributed by atoms with Crippen LogP contribution in [0.2, 0.25) is 0 Å². The van der Waals surface area contributed by atoms with Gasteiger partial charge in [0.2, 0.25) is 11.7 Å². The van der Waals surface area contributed by atoms with Crippen molar-refractivity contribution in [3.63, 3.8) is 0 Å². The minimum Gasteiger partial charge on any atom is -0.489 e. The third-order valence-corrected chi connectivity index (χ3v) is 4.78. The average molecular weight is 341 g/mol. The molecule has 0 bridgehead atoms. The smallest absolute Gasteiger partial charge is 0.248 e. The minimum absolute atomic E-state index is 0.0541. The number of halogens is 2.